The van der Waals surface area contributed by atoms with Gasteiger partial charge in [0.2, 0.25) is 0 Å². The standard InChI is InChI=1S/C16H20N4O/c1-19-9-10-20(16-11-17-7-8-18-16)12-14(19)13-5-3-4-6-15(13)21-2/h3-8,11,14H,9-10,12H2,1-2H3. The highest BCUT2D eigenvalue weighted by Gasteiger charge is 2.28. The summed E-state index contributed by atoms with van der Waals surface area (Å²) in [4.78, 5) is 13.2. The summed E-state index contributed by atoms with van der Waals surface area (Å²) in [5, 5.41) is 0. The van der Waals surface area contributed by atoms with E-state index in [1.165, 1.54) is 5.56 Å². The van der Waals surface area contributed by atoms with Crippen LogP contribution in [0.1, 0.15) is 11.6 Å². The van der Waals surface area contributed by atoms with Crippen molar-refractivity contribution < 1.29 is 4.74 Å². The molecule has 110 valence electrons. The smallest absolute Gasteiger partial charge is 0.147 e. The van der Waals surface area contributed by atoms with E-state index < -0.39 is 0 Å². The molecule has 1 saturated heterocycles. The number of anilines is 1. The summed E-state index contributed by atoms with van der Waals surface area (Å²) >= 11 is 0. The Balaban J connectivity index is 1.87. The van der Waals surface area contributed by atoms with Gasteiger partial charge in [-0.3, -0.25) is 9.88 Å². The number of ether oxygens (including phenoxy) is 1. The fourth-order valence-electron chi connectivity index (χ4n) is 2.81. The van der Waals surface area contributed by atoms with Gasteiger partial charge in [-0.05, 0) is 13.1 Å². The number of hydrogen-bond acceptors (Lipinski definition) is 5. The van der Waals surface area contributed by atoms with E-state index in [0.29, 0.717) is 0 Å². The molecule has 1 atom stereocenters. The normalized spacial score (nSPS) is 19.5. The van der Waals surface area contributed by atoms with E-state index in [0.717, 1.165) is 31.2 Å². The van der Waals surface area contributed by atoms with E-state index in [-0.39, 0.29) is 6.04 Å². The highest BCUT2D eigenvalue weighted by Crippen LogP contribution is 2.32. The van der Waals surface area contributed by atoms with Crippen molar-refractivity contribution >= 4 is 5.82 Å². The van der Waals surface area contributed by atoms with Crippen LogP contribution in [-0.4, -0.2) is 48.7 Å². The second-order valence-corrected chi connectivity index (χ2v) is 5.25. The maximum atomic E-state index is 5.51. The zero-order valence-electron chi connectivity index (χ0n) is 12.4. The Labute approximate surface area is 125 Å². The lowest BCUT2D eigenvalue weighted by atomic mass is 10.0. The van der Waals surface area contributed by atoms with Gasteiger partial charge in [0.1, 0.15) is 11.6 Å². The molecule has 0 bridgehead atoms. The Morgan fingerprint density at radius 1 is 1.19 bits per heavy atom. The van der Waals surface area contributed by atoms with Crippen LogP contribution in [0.15, 0.2) is 42.9 Å². The van der Waals surface area contributed by atoms with Crippen molar-refractivity contribution in [3.05, 3.63) is 48.4 Å². The molecule has 0 aliphatic carbocycles. The van der Waals surface area contributed by atoms with Crippen LogP contribution < -0.4 is 9.64 Å². The molecule has 1 fully saturated rings. The highest BCUT2D eigenvalue weighted by atomic mass is 16.5. The van der Waals surface area contributed by atoms with Crippen molar-refractivity contribution in [2.45, 2.75) is 6.04 Å². The summed E-state index contributed by atoms with van der Waals surface area (Å²) in [5.74, 6) is 1.88. The van der Waals surface area contributed by atoms with Crippen molar-refractivity contribution in [2.75, 3.05) is 38.7 Å². The molecular weight excluding hydrogens is 264 g/mol. The largest absolute Gasteiger partial charge is 0.496 e. The van der Waals surface area contributed by atoms with Gasteiger partial charge in [-0.2, -0.15) is 0 Å². The van der Waals surface area contributed by atoms with Gasteiger partial charge in [0.25, 0.3) is 0 Å². The molecule has 1 aromatic carbocycles. The summed E-state index contributed by atoms with van der Waals surface area (Å²) < 4.78 is 5.51. The van der Waals surface area contributed by atoms with Gasteiger partial charge in [0.15, 0.2) is 0 Å². The lowest BCUT2D eigenvalue weighted by Gasteiger charge is -2.40. The molecule has 5 nitrogen and oxygen atoms in total. The summed E-state index contributed by atoms with van der Waals surface area (Å²) in [6.07, 6.45) is 5.27. The minimum absolute atomic E-state index is 0.289. The lowest BCUT2D eigenvalue weighted by Crippen LogP contribution is -2.47. The first-order chi connectivity index (χ1) is 10.3. The molecule has 2 heterocycles. The molecule has 1 aliphatic rings. The quantitative estimate of drug-likeness (QED) is 0.862. The number of para-hydroxylation sites is 1. The van der Waals surface area contributed by atoms with Crippen molar-refractivity contribution in [3.63, 3.8) is 0 Å². The Morgan fingerprint density at radius 2 is 2.05 bits per heavy atom. The molecule has 5 heteroatoms. The molecule has 0 amide bonds. The summed E-state index contributed by atoms with van der Waals surface area (Å²) in [6.45, 7) is 2.83. The van der Waals surface area contributed by atoms with Gasteiger partial charge in [-0.1, -0.05) is 18.2 Å². The number of likely N-dealkylation sites (N-methyl/N-ethyl adjacent to an activating group) is 1. The van der Waals surface area contributed by atoms with Gasteiger partial charge in [0, 0.05) is 37.6 Å². The first kappa shape index (κ1) is 13.8. The molecule has 1 aliphatic heterocycles. The molecule has 0 saturated carbocycles. The van der Waals surface area contributed by atoms with Gasteiger partial charge < -0.3 is 9.64 Å². The van der Waals surface area contributed by atoms with Crippen LogP contribution in [0, 0.1) is 0 Å². The third kappa shape index (κ3) is 2.83. The number of rotatable bonds is 3. The van der Waals surface area contributed by atoms with Gasteiger partial charge in [-0.15, -0.1) is 0 Å². The van der Waals surface area contributed by atoms with E-state index in [4.69, 9.17) is 4.74 Å². The molecule has 0 N–H and O–H groups in total. The number of methoxy groups -OCH3 is 1. The molecular formula is C16H20N4O. The first-order valence-corrected chi connectivity index (χ1v) is 7.13. The number of aromatic nitrogens is 2. The first-order valence-electron chi connectivity index (χ1n) is 7.13. The van der Waals surface area contributed by atoms with Gasteiger partial charge in [-0.25, -0.2) is 4.98 Å². The van der Waals surface area contributed by atoms with Crippen LogP contribution in [0.25, 0.3) is 0 Å². The Morgan fingerprint density at radius 3 is 2.81 bits per heavy atom. The van der Waals surface area contributed by atoms with E-state index in [1.54, 1.807) is 19.5 Å². The predicted octanol–water partition coefficient (Wildman–Crippen LogP) is 1.98. The molecule has 1 aromatic heterocycles. The van der Waals surface area contributed by atoms with Gasteiger partial charge >= 0.3 is 0 Å². The zero-order valence-corrected chi connectivity index (χ0v) is 12.4. The monoisotopic (exact) mass is 284 g/mol. The van der Waals surface area contributed by atoms with Crippen LogP contribution in [0.5, 0.6) is 5.75 Å². The molecule has 0 spiro atoms. The average Bonchev–Trinajstić information content (AvgIpc) is 2.56. The van der Waals surface area contributed by atoms with E-state index in [2.05, 4.69) is 38.9 Å². The third-order valence-corrected chi connectivity index (χ3v) is 4.02. The predicted molar refractivity (Wildman–Crippen MR) is 82.6 cm³/mol. The van der Waals surface area contributed by atoms with E-state index in [1.807, 2.05) is 18.3 Å². The Hall–Kier alpha value is -2.14. The van der Waals surface area contributed by atoms with Gasteiger partial charge in [0.05, 0.1) is 19.3 Å². The van der Waals surface area contributed by atoms with Crippen LogP contribution >= 0.6 is 0 Å². The third-order valence-electron chi connectivity index (χ3n) is 4.02. The Bertz CT molecular complexity index is 590. The SMILES string of the molecule is COc1ccccc1C1CN(c2cnccn2)CCN1C. The Kier molecular flexibility index (Phi) is 4.01. The molecule has 21 heavy (non-hydrogen) atoms. The lowest BCUT2D eigenvalue weighted by molar-refractivity contribution is 0.216. The molecule has 3 rings (SSSR count). The fraction of sp³-hybridized carbons (Fsp3) is 0.375. The topological polar surface area (TPSA) is 41.5 Å². The highest BCUT2D eigenvalue weighted by molar-refractivity contribution is 5.41. The van der Waals surface area contributed by atoms with Crippen molar-refractivity contribution in [2.24, 2.45) is 0 Å². The van der Waals surface area contributed by atoms with Crippen LogP contribution in [0.2, 0.25) is 0 Å². The van der Waals surface area contributed by atoms with E-state index >= 15 is 0 Å². The fourth-order valence-corrected chi connectivity index (χ4v) is 2.81. The van der Waals surface area contributed by atoms with Crippen molar-refractivity contribution in [3.8, 4) is 5.75 Å². The second-order valence-electron chi connectivity index (χ2n) is 5.25. The molecule has 1 unspecified atom stereocenters. The molecule has 2 aromatic rings. The molecule has 0 radical (unpaired) electrons. The average molecular weight is 284 g/mol. The van der Waals surface area contributed by atoms with Crippen LogP contribution in [0.4, 0.5) is 5.82 Å². The minimum atomic E-state index is 0.289. The maximum absolute atomic E-state index is 5.51. The number of nitrogens with zero attached hydrogens (tertiary/aromatic N) is 4. The second kappa shape index (κ2) is 6.10. The summed E-state index contributed by atoms with van der Waals surface area (Å²) in [6, 6.07) is 8.51. The number of benzene rings is 1. The van der Waals surface area contributed by atoms with Crippen molar-refractivity contribution in [1.29, 1.82) is 0 Å². The summed E-state index contributed by atoms with van der Waals surface area (Å²) in [7, 11) is 3.88. The zero-order chi connectivity index (χ0) is 14.7. The van der Waals surface area contributed by atoms with Crippen LogP contribution in [-0.2, 0) is 0 Å². The van der Waals surface area contributed by atoms with Crippen molar-refractivity contribution in [1.82, 2.24) is 14.9 Å². The number of piperazine rings is 1. The minimum Gasteiger partial charge on any atom is -0.496 e. The number of hydrogen-bond donors (Lipinski definition) is 0. The van der Waals surface area contributed by atoms with E-state index in [9.17, 15) is 0 Å². The van der Waals surface area contributed by atoms with Crippen LogP contribution in [0.3, 0.4) is 0 Å². The summed E-state index contributed by atoms with van der Waals surface area (Å²) in [5.41, 5.74) is 1.22. The maximum Gasteiger partial charge on any atom is 0.147 e.